The van der Waals surface area contributed by atoms with Gasteiger partial charge in [-0.1, -0.05) is 0 Å². The maximum Gasteiger partial charge on any atom is 0.252 e. The summed E-state index contributed by atoms with van der Waals surface area (Å²) >= 11 is 0. The lowest BCUT2D eigenvalue weighted by molar-refractivity contribution is -0.130. The Balaban J connectivity index is 2.00. The van der Waals surface area contributed by atoms with E-state index in [1.54, 1.807) is 17.9 Å². The molecule has 1 aliphatic carbocycles. The largest absolute Gasteiger partial charge is 0.342 e. The van der Waals surface area contributed by atoms with Crippen molar-refractivity contribution in [1.29, 1.82) is 0 Å². The summed E-state index contributed by atoms with van der Waals surface area (Å²) in [6.07, 6.45) is 2.18. The zero-order chi connectivity index (χ0) is 15.2. The quantitative estimate of drug-likeness (QED) is 0.907. The lowest BCUT2D eigenvalue weighted by atomic mass is 9.93. The standard InChI is InChI=1S/C16H19FN2O2/c1-10-9-12(17)5-6-13(10)19-8-7-14(20)18-16(2,15(19)21)11-3-4-11/h5-6,9,11H,3-4,7-8H2,1-2H3,(H,18,20). The van der Waals surface area contributed by atoms with E-state index in [1.807, 2.05) is 6.92 Å². The van der Waals surface area contributed by atoms with Gasteiger partial charge < -0.3 is 10.2 Å². The molecule has 2 fully saturated rings. The van der Waals surface area contributed by atoms with Gasteiger partial charge in [0.25, 0.3) is 5.91 Å². The maximum atomic E-state index is 13.3. The van der Waals surface area contributed by atoms with Crippen LogP contribution in [0.25, 0.3) is 0 Å². The van der Waals surface area contributed by atoms with Crippen LogP contribution >= 0.6 is 0 Å². The highest BCUT2D eigenvalue weighted by atomic mass is 19.1. The van der Waals surface area contributed by atoms with Crippen molar-refractivity contribution in [2.45, 2.75) is 38.6 Å². The van der Waals surface area contributed by atoms with Crippen molar-refractivity contribution in [1.82, 2.24) is 5.32 Å². The van der Waals surface area contributed by atoms with E-state index in [-0.39, 0.29) is 30.0 Å². The molecule has 1 atom stereocenters. The third kappa shape index (κ3) is 2.41. The van der Waals surface area contributed by atoms with Crippen LogP contribution in [-0.4, -0.2) is 23.9 Å². The molecule has 1 saturated carbocycles. The van der Waals surface area contributed by atoms with Crippen molar-refractivity contribution in [3.8, 4) is 0 Å². The molecule has 0 bridgehead atoms. The fourth-order valence-corrected chi connectivity index (χ4v) is 3.09. The van der Waals surface area contributed by atoms with Crippen molar-refractivity contribution >= 4 is 17.5 Å². The number of nitrogens with zero attached hydrogens (tertiary/aromatic N) is 1. The van der Waals surface area contributed by atoms with Crippen molar-refractivity contribution in [2.24, 2.45) is 5.92 Å². The lowest BCUT2D eigenvalue weighted by Crippen LogP contribution is -2.57. The molecular formula is C16H19FN2O2. The predicted molar refractivity (Wildman–Crippen MR) is 77.4 cm³/mol. The number of carbonyl (C=O) groups excluding carboxylic acids is 2. The first-order valence-corrected chi connectivity index (χ1v) is 7.31. The van der Waals surface area contributed by atoms with Gasteiger partial charge in [-0.25, -0.2) is 4.39 Å². The number of aryl methyl sites for hydroxylation is 1. The van der Waals surface area contributed by atoms with E-state index in [2.05, 4.69) is 5.32 Å². The summed E-state index contributed by atoms with van der Waals surface area (Å²) in [5, 5.41) is 2.89. The van der Waals surface area contributed by atoms with Crippen LogP contribution < -0.4 is 10.2 Å². The first-order chi connectivity index (χ1) is 9.91. The second kappa shape index (κ2) is 4.83. The summed E-state index contributed by atoms with van der Waals surface area (Å²) in [6.45, 7) is 3.92. The van der Waals surface area contributed by atoms with Gasteiger partial charge in [0.2, 0.25) is 5.91 Å². The molecule has 5 heteroatoms. The lowest BCUT2D eigenvalue weighted by Gasteiger charge is -2.33. The van der Waals surface area contributed by atoms with Crippen LogP contribution in [0.2, 0.25) is 0 Å². The maximum absolute atomic E-state index is 13.3. The molecule has 2 amide bonds. The molecule has 1 saturated heterocycles. The Labute approximate surface area is 123 Å². The molecule has 3 rings (SSSR count). The minimum Gasteiger partial charge on any atom is -0.342 e. The number of amides is 2. The third-order valence-corrected chi connectivity index (χ3v) is 4.49. The Kier molecular flexibility index (Phi) is 3.23. The minimum absolute atomic E-state index is 0.0921. The molecule has 1 N–H and O–H groups in total. The molecule has 1 unspecified atom stereocenters. The summed E-state index contributed by atoms with van der Waals surface area (Å²) in [6, 6.07) is 4.38. The van der Waals surface area contributed by atoms with Crippen LogP contribution in [-0.2, 0) is 9.59 Å². The number of hydrogen-bond donors (Lipinski definition) is 1. The molecule has 1 aromatic rings. The van der Waals surface area contributed by atoms with Gasteiger partial charge in [0.05, 0.1) is 0 Å². The van der Waals surface area contributed by atoms with Crippen LogP contribution in [0.15, 0.2) is 18.2 Å². The summed E-state index contributed by atoms with van der Waals surface area (Å²) in [5.41, 5.74) is 0.551. The number of rotatable bonds is 2. The Hall–Kier alpha value is -1.91. The first kappa shape index (κ1) is 14.0. The molecular weight excluding hydrogens is 271 g/mol. The summed E-state index contributed by atoms with van der Waals surface area (Å²) in [7, 11) is 0. The molecule has 1 aromatic carbocycles. The third-order valence-electron chi connectivity index (χ3n) is 4.49. The van der Waals surface area contributed by atoms with Gasteiger partial charge in [-0.3, -0.25) is 9.59 Å². The number of nitrogens with one attached hydrogen (secondary N) is 1. The number of carbonyl (C=O) groups is 2. The smallest absolute Gasteiger partial charge is 0.252 e. The van der Waals surface area contributed by atoms with Crippen molar-refractivity contribution in [2.75, 3.05) is 11.4 Å². The molecule has 1 heterocycles. The molecule has 21 heavy (non-hydrogen) atoms. The minimum atomic E-state index is -0.839. The van der Waals surface area contributed by atoms with Crippen LogP contribution in [0.1, 0.15) is 31.7 Å². The molecule has 0 spiro atoms. The molecule has 0 aromatic heterocycles. The van der Waals surface area contributed by atoms with E-state index >= 15 is 0 Å². The second-order valence-corrected chi connectivity index (χ2v) is 6.16. The van der Waals surface area contributed by atoms with Crippen LogP contribution in [0, 0.1) is 18.7 Å². The molecule has 2 aliphatic rings. The monoisotopic (exact) mass is 290 g/mol. The Morgan fingerprint density at radius 1 is 1.33 bits per heavy atom. The van der Waals surface area contributed by atoms with Gasteiger partial charge in [-0.2, -0.15) is 0 Å². The van der Waals surface area contributed by atoms with E-state index in [0.717, 1.165) is 12.8 Å². The van der Waals surface area contributed by atoms with Crippen molar-refractivity contribution < 1.29 is 14.0 Å². The van der Waals surface area contributed by atoms with Gasteiger partial charge >= 0.3 is 0 Å². The van der Waals surface area contributed by atoms with Crippen LogP contribution in [0.3, 0.4) is 0 Å². The summed E-state index contributed by atoms with van der Waals surface area (Å²) in [4.78, 5) is 26.5. The number of anilines is 1. The van der Waals surface area contributed by atoms with Gasteiger partial charge in [-0.05, 0) is 56.4 Å². The fourth-order valence-electron chi connectivity index (χ4n) is 3.09. The van der Waals surface area contributed by atoms with Crippen LogP contribution in [0.4, 0.5) is 10.1 Å². The van der Waals surface area contributed by atoms with E-state index in [1.165, 1.54) is 12.1 Å². The first-order valence-electron chi connectivity index (χ1n) is 7.31. The van der Waals surface area contributed by atoms with E-state index in [0.29, 0.717) is 17.8 Å². The highest BCUT2D eigenvalue weighted by Crippen LogP contribution is 2.42. The van der Waals surface area contributed by atoms with E-state index in [4.69, 9.17) is 0 Å². The zero-order valence-electron chi connectivity index (χ0n) is 12.3. The average Bonchev–Trinajstić information content (AvgIpc) is 3.24. The van der Waals surface area contributed by atoms with Gasteiger partial charge in [0.1, 0.15) is 11.4 Å². The van der Waals surface area contributed by atoms with Gasteiger partial charge in [0.15, 0.2) is 0 Å². The Morgan fingerprint density at radius 2 is 2.05 bits per heavy atom. The highest BCUT2D eigenvalue weighted by Gasteiger charge is 2.51. The van der Waals surface area contributed by atoms with E-state index in [9.17, 15) is 14.0 Å². The molecule has 4 nitrogen and oxygen atoms in total. The van der Waals surface area contributed by atoms with E-state index < -0.39 is 5.54 Å². The molecule has 112 valence electrons. The highest BCUT2D eigenvalue weighted by molar-refractivity contribution is 6.04. The summed E-state index contributed by atoms with van der Waals surface area (Å²) < 4.78 is 13.3. The summed E-state index contributed by atoms with van der Waals surface area (Å²) in [5.74, 6) is -0.307. The SMILES string of the molecule is Cc1cc(F)ccc1N1CCC(=O)NC(C)(C2CC2)C1=O. The van der Waals surface area contributed by atoms with Gasteiger partial charge in [0, 0.05) is 18.7 Å². The second-order valence-electron chi connectivity index (χ2n) is 6.16. The Morgan fingerprint density at radius 3 is 2.67 bits per heavy atom. The number of benzene rings is 1. The normalized spacial score (nSPS) is 26.5. The van der Waals surface area contributed by atoms with Gasteiger partial charge in [-0.15, -0.1) is 0 Å². The fraction of sp³-hybridized carbons (Fsp3) is 0.500. The van der Waals surface area contributed by atoms with Crippen molar-refractivity contribution in [3.63, 3.8) is 0 Å². The number of hydrogen-bond acceptors (Lipinski definition) is 2. The van der Waals surface area contributed by atoms with Crippen molar-refractivity contribution in [3.05, 3.63) is 29.6 Å². The zero-order valence-corrected chi connectivity index (χ0v) is 12.3. The Bertz CT molecular complexity index is 612. The average molecular weight is 290 g/mol. The predicted octanol–water partition coefficient (Wildman–Crippen LogP) is 2.16. The number of halogens is 1. The molecule has 0 radical (unpaired) electrons. The topological polar surface area (TPSA) is 49.4 Å². The van der Waals surface area contributed by atoms with Crippen LogP contribution in [0.5, 0.6) is 0 Å². The molecule has 1 aliphatic heterocycles.